The van der Waals surface area contributed by atoms with Crippen LogP contribution in [-0.4, -0.2) is 72.9 Å². The lowest BCUT2D eigenvalue weighted by molar-refractivity contribution is -0.384. The number of nitro benzene ring substituents is 1. The number of piperidine rings is 1. The second kappa shape index (κ2) is 17.6. The molecule has 0 bridgehead atoms. The van der Waals surface area contributed by atoms with Crippen LogP contribution in [0.1, 0.15) is 62.1 Å². The summed E-state index contributed by atoms with van der Waals surface area (Å²) in [5, 5.41) is 17.8. The second-order valence-electron chi connectivity index (χ2n) is 13.0. The van der Waals surface area contributed by atoms with Gasteiger partial charge in [0.05, 0.1) is 28.8 Å². The van der Waals surface area contributed by atoms with Crippen molar-refractivity contribution in [3.8, 4) is 0 Å². The van der Waals surface area contributed by atoms with E-state index in [9.17, 15) is 19.7 Å². The highest BCUT2D eigenvalue weighted by Crippen LogP contribution is 2.43. The minimum atomic E-state index is -0.655. The zero-order valence-electron chi connectivity index (χ0n) is 29.2. The molecule has 3 aromatic carbocycles. The van der Waals surface area contributed by atoms with Crippen LogP contribution < -0.4 is 5.32 Å². The minimum absolute atomic E-state index is 0.0459. The molecule has 1 fully saturated rings. The number of nitro groups is 1. The van der Waals surface area contributed by atoms with Crippen LogP contribution in [0.15, 0.2) is 113 Å². The number of ketones is 1. The Hall–Kier alpha value is -5.29. The van der Waals surface area contributed by atoms with Crippen LogP contribution in [0.2, 0.25) is 0 Å². The third-order valence-electron chi connectivity index (χ3n) is 10.1. The van der Waals surface area contributed by atoms with Gasteiger partial charge in [-0.1, -0.05) is 77.9 Å². The van der Waals surface area contributed by atoms with Crippen molar-refractivity contribution < 1.29 is 19.2 Å². The summed E-state index contributed by atoms with van der Waals surface area (Å²) in [7, 11) is 0. The number of hydrogen-bond donors (Lipinski definition) is 1. The largest absolute Gasteiger partial charge is 0.375 e. The lowest BCUT2D eigenvalue weighted by Crippen LogP contribution is -2.44. The Balaban J connectivity index is 1.38. The van der Waals surface area contributed by atoms with Gasteiger partial charge in [0.1, 0.15) is 0 Å². The third kappa shape index (κ3) is 8.54. The summed E-state index contributed by atoms with van der Waals surface area (Å²) in [4.78, 5) is 43.7. The third-order valence-corrected chi connectivity index (χ3v) is 10.1. The number of ether oxygens (including phenoxy) is 1. The molecule has 266 valence electrons. The molecule has 12 nitrogen and oxygen atoms in total. The van der Waals surface area contributed by atoms with E-state index in [-0.39, 0.29) is 23.5 Å². The smallest absolute Gasteiger partial charge is 0.269 e. The lowest BCUT2D eigenvalue weighted by Gasteiger charge is -2.43. The van der Waals surface area contributed by atoms with Crippen molar-refractivity contribution >= 4 is 17.9 Å². The molecule has 2 aliphatic rings. The number of amides is 1. The van der Waals surface area contributed by atoms with E-state index in [1.165, 1.54) is 30.2 Å². The number of hydrogen-bond acceptors (Lipinski definition) is 8. The highest BCUT2D eigenvalue weighted by molar-refractivity contribution is 5.97. The molecular weight excluding hydrogens is 646 g/mol. The first-order chi connectivity index (χ1) is 24.8. The summed E-state index contributed by atoms with van der Waals surface area (Å²) in [6, 6.07) is 27.6. The number of allylic oxidation sites excluding steroid dienone is 2. The fourth-order valence-electron chi connectivity index (χ4n) is 7.60. The van der Waals surface area contributed by atoms with Gasteiger partial charge < -0.3 is 19.9 Å². The Kier molecular flexibility index (Phi) is 12.7. The van der Waals surface area contributed by atoms with Crippen LogP contribution in [-0.2, 0) is 19.7 Å². The van der Waals surface area contributed by atoms with Gasteiger partial charge in [0.2, 0.25) is 6.41 Å². The van der Waals surface area contributed by atoms with E-state index in [4.69, 9.17) is 10.3 Å². The second-order valence-corrected chi connectivity index (χ2v) is 13.0. The average Bonchev–Trinajstić information content (AvgIpc) is 3.15. The number of non-ortho nitro benzene ring substituents is 1. The minimum Gasteiger partial charge on any atom is -0.375 e. The summed E-state index contributed by atoms with van der Waals surface area (Å²) in [6.07, 6.45) is 3.90. The van der Waals surface area contributed by atoms with Gasteiger partial charge in [-0.25, -0.2) is 0 Å². The Labute approximate surface area is 298 Å². The van der Waals surface area contributed by atoms with Crippen molar-refractivity contribution in [3.05, 3.63) is 145 Å². The maximum Gasteiger partial charge on any atom is 0.269 e. The lowest BCUT2D eigenvalue weighted by atomic mass is 9.68. The fourth-order valence-corrected chi connectivity index (χ4v) is 7.60. The predicted octanol–water partition coefficient (Wildman–Crippen LogP) is 7.00. The van der Waals surface area contributed by atoms with Gasteiger partial charge in [0.15, 0.2) is 5.78 Å². The van der Waals surface area contributed by atoms with Gasteiger partial charge in [-0.15, -0.1) is 0 Å². The number of rotatable bonds is 17. The van der Waals surface area contributed by atoms with Crippen LogP contribution in [0.5, 0.6) is 0 Å². The number of nitrogens with zero attached hydrogens (tertiary/aromatic N) is 6. The first kappa shape index (κ1) is 37.0. The maximum atomic E-state index is 13.3. The topological polar surface area (TPSA) is 154 Å². The summed E-state index contributed by atoms with van der Waals surface area (Å²) >= 11 is 0. The van der Waals surface area contributed by atoms with E-state index < -0.39 is 10.8 Å². The van der Waals surface area contributed by atoms with Crippen molar-refractivity contribution in [1.29, 1.82) is 0 Å². The molecule has 5 rings (SSSR count). The Bertz CT molecular complexity index is 1740. The number of carbonyl (C=O) groups is 2. The van der Waals surface area contributed by atoms with Gasteiger partial charge in [-0.05, 0) is 81.4 Å². The molecule has 1 atom stereocenters. The molecule has 12 heteroatoms. The Morgan fingerprint density at radius 2 is 1.65 bits per heavy atom. The molecule has 51 heavy (non-hydrogen) atoms. The summed E-state index contributed by atoms with van der Waals surface area (Å²) in [6.45, 7) is 7.48. The van der Waals surface area contributed by atoms with Crippen LogP contribution in [0.25, 0.3) is 10.4 Å². The summed E-state index contributed by atoms with van der Waals surface area (Å²) in [5.74, 6) is -0.813. The van der Waals surface area contributed by atoms with Gasteiger partial charge in [-0.3, -0.25) is 19.7 Å². The molecule has 0 spiro atoms. The van der Waals surface area contributed by atoms with Crippen LogP contribution >= 0.6 is 0 Å². The molecule has 2 heterocycles. The highest BCUT2D eigenvalue weighted by Gasteiger charge is 2.39. The van der Waals surface area contributed by atoms with Crippen LogP contribution in [0.3, 0.4) is 0 Å². The Morgan fingerprint density at radius 3 is 2.20 bits per heavy atom. The molecular formula is C39H45N7O5. The van der Waals surface area contributed by atoms with Gasteiger partial charge >= 0.3 is 0 Å². The zero-order valence-corrected chi connectivity index (χ0v) is 29.2. The van der Waals surface area contributed by atoms with Crippen molar-refractivity contribution in [1.82, 2.24) is 15.1 Å². The first-order valence-corrected chi connectivity index (χ1v) is 17.4. The average molecular weight is 692 g/mol. The Morgan fingerprint density at radius 1 is 1.02 bits per heavy atom. The molecule has 0 aromatic heterocycles. The van der Waals surface area contributed by atoms with E-state index >= 15 is 0 Å². The summed E-state index contributed by atoms with van der Waals surface area (Å²) in [5.41, 5.74) is 14.3. The van der Waals surface area contributed by atoms with E-state index in [1.54, 1.807) is 12.1 Å². The van der Waals surface area contributed by atoms with E-state index in [0.29, 0.717) is 55.1 Å². The predicted molar refractivity (Wildman–Crippen MR) is 196 cm³/mol. The quantitative estimate of drug-likeness (QED) is 0.0304. The standard InChI is InChI=1S/C39H45N7O5/c1-29-36(30(2)48)37(31-15-17-34(18-16-31)46(49)50)38(41-28-47)35(27-51-26-9-21-42-43-40)45(29)23-10-22-44-24-19-39(20-25-44,32-11-5-3-6-12-32)33-13-7-4-8-14-33/h3-8,11-18,28,37H,9-10,19-27H2,1-2H3,(H,41,47). The van der Waals surface area contributed by atoms with Crippen LogP contribution in [0.4, 0.5) is 5.69 Å². The fraction of sp³-hybridized carbons (Fsp3) is 0.385. The van der Waals surface area contributed by atoms with Crippen molar-refractivity contribution in [2.24, 2.45) is 5.11 Å². The van der Waals surface area contributed by atoms with Crippen molar-refractivity contribution in [3.63, 3.8) is 0 Å². The number of nitrogens with one attached hydrogen (secondary N) is 1. The molecule has 3 aromatic rings. The highest BCUT2D eigenvalue weighted by atomic mass is 16.6. The monoisotopic (exact) mass is 691 g/mol. The maximum absolute atomic E-state index is 13.3. The molecule has 1 unspecified atom stereocenters. The molecule has 2 aliphatic heterocycles. The number of azide groups is 1. The molecule has 1 saturated heterocycles. The van der Waals surface area contributed by atoms with E-state index in [2.05, 4.69) is 85.8 Å². The number of carbonyl (C=O) groups excluding carboxylic acids is 2. The zero-order chi connectivity index (χ0) is 36.2. The molecule has 0 saturated carbocycles. The molecule has 1 N–H and O–H groups in total. The SMILES string of the molecule is CC(=O)C1=C(C)N(CCCN2CCC(c3ccccc3)(c3ccccc3)CC2)C(COCCCN=[N+]=[N-])=C(NC=O)C1c1ccc([N+](=O)[O-])cc1. The van der Waals surface area contributed by atoms with E-state index in [0.717, 1.165) is 44.6 Å². The van der Waals surface area contributed by atoms with Crippen molar-refractivity contribution in [2.45, 2.75) is 50.9 Å². The molecule has 1 amide bonds. The molecule has 0 aliphatic carbocycles. The number of Topliss-reactive ketones (excluding diaryl/α,β-unsaturated/α-hetero) is 1. The molecule has 0 radical (unpaired) electrons. The van der Waals surface area contributed by atoms with Gasteiger partial charge in [0.25, 0.3) is 5.69 Å². The van der Waals surface area contributed by atoms with Gasteiger partial charge in [0, 0.05) is 53.4 Å². The van der Waals surface area contributed by atoms with Crippen molar-refractivity contribution in [2.75, 3.05) is 45.9 Å². The first-order valence-electron chi connectivity index (χ1n) is 17.4. The summed E-state index contributed by atoms with van der Waals surface area (Å²) < 4.78 is 6.06. The van der Waals surface area contributed by atoms with Gasteiger partial charge in [-0.2, -0.15) is 0 Å². The number of likely N-dealkylation sites (tertiary alicyclic amines) is 1. The van der Waals surface area contributed by atoms with E-state index in [1.807, 2.05) is 6.92 Å². The number of benzene rings is 3. The normalized spacial score (nSPS) is 17.5. The van der Waals surface area contributed by atoms with Crippen LogP contribution in [0, 0.1) is 10.1 Å².